The molecule has 5 aromatic rings. The Morgan fingerprint density at radius 2 is 1.60 bits per heavy atom. The van der Waals surface area contributed by atoms with E-state index >= 15 is 0 Å². The molecule has 1 fully saturated rings. The van der Waals surface area contributed by atoms with E-state index in [9.17, 15) is 0 Å². The quantitative estimate of drug-likeness (QED) is 0.414. The normalized spacial score (nSPS) is 13.5. The standard InChI is InChI=1S/C27H22N8/c1-2-4-23(5-3-1)34-14-16-35(17-15-34)27-29-13-11-25(32-27)26-28-12-10-22(31-26)8-6-20-7-9-24-21(18-20)19-30-33-24/h1-5,7,9-13,18-19H,14-17H2,(H,30,33). The lowest BCUT2D eigenvalue weighted by Crippen LogP contribution is -2.47. The van der Waals surface area contributed by atoms with Gasteiger partial charge >= 0.3 is 0 Å². The molecular formula is C27H22N8. The number of para-hydroxylation sites is 1. The third-order valence-electron chi connectivity index (χ3n) is 5.99. The lowest BCUT2D eigenvalue weighted by molar-refractivity contribution is 0.640. The van der Waals surface area contributed by atoms with Crippen LogP contribution in [0.2, 0.25) is 0 Å². The smallest absolute Gasteiger partial charge is 0.226 e. The fraction of sp³-hybridized carbons (Fsp3) is 0.148. The fourth-order valence-electron chi connectivity index (χ4n) is 4.14. The summed E-state index contributed by atoms with van der Waals surface area (Å²) < 4.78 is 0. The van der Waals surface area contributed by atoms with E-state index < -0.39 is 0 Å². The second kappa shape index (κ2) is 9.23. The molecule has 0 radical (unpaired) electrons. The molecule has 1 saturated heterocycles. The van der Waals surface area contributed by atoms with Crippen molar-refractivity contribution in [3.63, 3.8) is 0 Å². The van der Waals surface area contributed by atoms with Gasteiger partial charge in [0.15, 0.2) is 5.82 Å². The van der Waals surface area contributed by atoms with Crippen LogP contribution in [0.4, 0.5) is 11.6 Å². The van der Waals surface area contributed by atoms with Crippen molar-refractivity contribution in [3.8, 4) is 23.4 Å². The topological polar surface area (TPSA) is 86.7 Å². The largest absolute Gasteiger partial charge is 0.368 e. The molecule has 0 aliphatic carbocycles. The summed E-state index contributed by atoms with van der Waals surface area (Å²) in [5, 5.41) is 8.03. The zero-order chi connectivity index (χ0) is 23.5. The summed E-state index contributed by atoms with van der Waals surface area (Å²) in [6.07, 6.45) is 5.27. The zero-order valence-electron chi connectivity index (χ0n) is 19.0. The van der Waals surface area contributed by atoms with Crippen LogP contribution in [0.15, 0.2) is 79.3 Å². The highest BCUT2D eigenvalue weighted by molar-refractivity contribution is 5.79. The molecule has 0 unspecified atom stereocenters. The summed E-state index contributed by atoms with van der Waals surface area (Å²) >= 11 is 0. The lowest BCUT2D eigenvalue weighted by Gasteiger charge is -2.36. The first-order valence-electron chi connectivity index (χ1n) is 11.5. The van der Waals surface area contributed by atoms with Crippen molar-refractivity contribution in [1.82, 2.24) is 30.1 Å². The van der Waals surface area contributed by atoms with Gasteiger partial charge in [0.1, 0.15) is 11.4 Å². The van der Waals surface area contributed by atoms with Gasteiger partial charge in [-0.25, -0.2) is 19.9 Å². The highest BCUT2D eigenvalue weighted by atomic mass is 15.3. The molecule has 0 saturated carbocycles. The van der Waals surface area contributed by atoms with Gasteiger partial charge < -0.3 is 9.80 Å². The maximum Gasteiger partial charge on any atom is 0.226 e. The molecule has 8 heteroatoms. The SMILES string of the molecule is C(#Cc1ccnc(-c2ccnc(N3CCN(c4ccccc4)CC3)n2)n1)c1ccc2[nH]ncc2c1. The third kappa shape index (κ3) is 4.52. The minimum atomic E-state index is 0.536. The summed E-state index contributed by atoms with van der Waals surface area (Å²) in [6, 6.07) is 20.1. The van der Waals surface area contributed by atoms with Crippen molar-refractivity contribution >= 4 is 22.5 Å². The van der Waals surface area contributed by atoms with Gasteiger partial charge in [-0.15, -0.1) is 0 Å². The molecule has 1 N–H and O–H groups in total. The van der Waals surface area contributed by atoms with Crippen LogP contribution in [-0.4, -0.2) is 56.3 Å². The Kier molecular flexibility index (Phi) is 5.49. The molecule has 0 spiro atoms. The maximum absolute atomic E-state index is 4.76. The summed E-state index contributed by atoms with van der Waals surface area (Å²) in [5.74, 6) is 7.54. The lowest BCUT2D eigenvalue weighted by atomic mass is 10.1. The Balaban J connectivity index is 1.18. The monoisotopic (exact) mass is 458 g/mol. The number of H-pyrrole nitrogens is 1. The number of hydrogen-bond acceptors (Lipinski definition) is 7. The first-order chi connectivity index (χ1) is 17.3. The number of hydrogen-bond donors (Lipinski definition) is 1. The highest BCUT2D eigenvalue weighted by Gasteiger charge is 2.20. The van der Waals surface area contributed by atoms with E-state index in [2.05, 4.69) is 71.1 Å². The van der Waals surface area contributed by atoms with E-state index in [4.69, 9.17) is 4.98 Å². The van der Waals surface area contributed by atoms with Gasteiger partial charge in [-0.2, -0.15) is 5.10 Å². The number of benzene rings is 2. The molecule has 6 rings (SSSR count). The van der Waals surface area contributed by atoms with Crippen molar-refractivity contribution in [1.29, 1.82) is 0 Å². The number of nitrogens with one attached hydrogen (secondary N) is 1. The molecule has 3 aromatic heterocycles. The number of anilines is 2. The molecule has 4 heterocycles. The van der Waals surface area contributed by atoms with Crippen molar-refractivity contribution in [3.05, 3.63) is 90.5 Å². The third-order valence-corrected chi connectivity index (χ3v) is 5.99. The summed E-state index contributed by atoms with van der Waals surface area (Å²) in [6.45, 7) is 3.55. The predicted octanol–water partition coefficient (Wildman–Crippen LogP) is 3.54. The van der Waals surface area contributed by atoms with Crippen LogP contribution in [-0.2, 0) is 0 Å². The number of fused-ring (bicyclic) bond motifs is 1. The summed E-state index contributed by atoms with van der Waals surface area (Å²) in [7, 11) is 0. The highest BCUT2D eigenvalue weighted by Crippen LogP contribution is 2.20. The van der Waals surface area contributed by atoms with E-state index in [0.717, 1.165) is 42.6 Å². The van der Waals surface area contributed by atoms with Gasteiger partial charge in [-0.05, 0) is 48.4 Å². The van der Waals surface area contributed by atoms with Crippen LogP contribution in [0.25, 0.3) is 22.4 Å². The van der Waals surface area contributed by atoms with E-state index in [1.54, 1.807) is 24.7 Å². The maximum atomic E-state index is 4.76. The number of aromatic nitrogens is 6. The number of rotatable bonds is 3. The second-order valence-electron chi connectivity index (χ2n) is 8.24. The first kappa shape index (κ1) is 20.8. The molecule has 0 bridgehead atoms. The number of aromatic amines is 1. The average molecular weight is 459 g/mol. The molecule has 1 aliphatic rings. The first-order valence-corrected chi connectivity index (χ1v) is 11.5. The Morgan fingerprint density at radius 1 is 0.771 bits per heavy atom. The molecule has 0 amide bonds. The van der Waals surface area contributed by atoms with Crippen molar-refractivity contribution in [2.24, 2.45) is 0 Å². The summed E-state index contributed by atoms with van der Waals surface area (Å²) in [5.41, 5.74) is 4.46. The molecule has 1 aliphatic heterocycles. The van der Waals surface area contributed by atoms with Crippen molar-refractivity contribution in [2.75, 3.05) is 36.0 Å². The Morgan fingerprint density at radius 3 is 2.49 bits per heavy atom. The van der Waals surface area contributed by atoms with Crippen LogP contribution in [0, 0.1) is 11.8 Å². The Labute approximate surface area is 202 Å². The van der Waals surface area contributed by atoms with E-state index in [1.165, 1.54) is 5.69 Å². The van der Waals surface area contributed by atoms with Crippen molar-refractivity contribution < 1.29 is 0 Å². The minimum Gasteiger partial charge on any atom is -0.368 e. The van der Waals surface area contributed by atoms with Crippen LogP contribution < -0.4 is 9.80 Å². The minimum absolute atomic E-state index is 0.536. The molecule has 8 nitrogen and oxygen atoms in total. The number of piperazine rings is 1. The van der Waals surface area contributed by atoms with Gasteiger partial charge in [0.25, 0.3) is 0 Å². The van der Waals surface area contributed by atoms with Crippen molar-refractivity contribution in [2.45, 2.75) is 0 Å². The number of nitrogens with zero attached hydrogens (tertiary/aromatic N) is 7. The van der Waals surface area contributed by atoms with Gasteiger partial charge in [-0.1, -0.05) is 24.1 Å². The predicted molar refractivity (Wildman–Crippen MR) is 136 cm³/mol. The molecule has 170 valence electrons. The molecular weight excluding hydrogens is 436 g/mol. The van der Waals surface area contributed by atoms with Crippen LogP contribution in [0.3, 0.4) is 0 Å². The van der Waals surface area contributed by atoms with Gasteiger partial charge in [0.05, 0.1) is 11.7 Å². The fourth-order valence-corrected chi connectivity index (χ4v) is 4.14. The van der Waals surface area contributed by atoms with Gasteiger partial charge in [-0.3, -0.25) is 5.10 Å². The van der Waals surface area contributed by atoms with Crippen LogP contribution in [0.1, 0.15) is 11.3 Å². The van der Waals surface area contributed by atoms with Gasteiger partial charge in [0, 0.05) is 55.2 Å². The molecule has 0 atom stereocenters. The zero-order valence-corrected chi connectivity index (χ0v) is 19.0. The Hall–Kier alpha value is -4.77. The van der Waals surface area contributed by atoms with E-state index in [1.807, 2.05) is 30.3 Å². The Bertz CT molecular complexity index is 1530. The van der Waals surface area contributed by atoms with E-state index in [-0.39, 0.29) is 0 Å². The van der Waals surface area contributed by atoms with Crippen LogP contribution >= 0.6 is 0 Å². The van der Waals surface area contributed by atoms with Gasteiger partial charge in [0.2, 0.25) is 5.95 Å². The van der Waals surface area contributed by atoms with E-state index in [0.29, 0.717) is 23.2 Å². The summed E-state index contributed by atoms with van der Waals surface area (Å²) in [4.78, 5) is 22.9. The van der Waals surface area contributed by atoms with Crippen LogP contribution in [0.5, 0.6) is 0 Å². The second-order valence-corrected chi connectivity index (χ2v) is 8.24. The average Bonchev–Trinajstić information content (AvgIpc) is 3.41. The molecule has 35 heavy (non-hydrogen) atoms. The molecule has 2 aromatic carbocycles.